The Morgan fingerprint density at radius 3 is 2.64 bits per heavy atom. The molecule has 0 saturated carbocycles. The number of nitrogens with one attached hydrogen (secondary N) is 1. The molecule has 0 radical (unpaired) electrons. The van der Waals surface area contributed by atoms with Gasteiger partial charge in [0.05, 0.1) is 21.1 Å². The van der Waals surface area contributed by atoms with E-state index < -0.39 is 17.0 Å². The van der Waals surface area contributed by atoms with E-state index in [1.807, 2.05) is 42.5 Å². The Bertz CT molecular complexity index is 1410. The molecule has 3 heterocycles. The van der Waals surface area contributed by atoms with Crippen molar-refractivity contribution in [1.82, 2.24) is 15.2 Å². The summed E-state index contributed by atoms with van der Waals surface area (Å²) in [6.07, 6.45) is 4.06. The number of thioether (sulfide) groups is 1. The number of thiazole rings is 1. The van der Waals surface area contributed by atoms with Crippen molar-refractivity contribution >= 4 is 69.3 Å². The van der Waals surface area contributed by atoms with Gasteiger partial charge < -0.3 is 21.7 Å². The molecule has 0 spiro atoms. The molecule has 5 N–H and O–H groups in total. The van der Waals surface area contributed by atoms with Crippen molar-refractivity contribution in [1.29, 1.82) is 0 Å². The summed E-state index contributed by atoms with van der Waals surface area (Å²) >= 11 is 2.96. The molecule has 9 nitrogen and oxygen atoms in total. The number of aliphatic imine (C=N–C) groups is 1. The number of carbonyl (C=O) groups is 3. The van der Waals surface area contributed by atoms with Crippen LogP contribution in [0.1, 0.15) is 54.4 Å². The van der Waals surface area contributed by atoms with Gasteiger partial charge in [0.25, 0.3) is 0 Å². The summed E-state index contributed by atoms with van der Waals surface area (Å²) in [5.41, 5.74) is 12.9. The number of nitrogens with two attached hydrogens (primary N) is 2. The maximum atomic E-state index is 13.8. The first-order valence-electron chi connectivity index (χ1n) is 14.0. The molecule has 1 unspecified atom stereocenters. The zero-order valence-corrected chi connectivity index (χ0v) is 26.0. The molecule has 1 aromatic heterocycles. The highest BCUT2D eigenvalue weighted by molar-refractivity contribution is 8.00. The van der Waals surface area contributed by atoms with E-state index in [-0.39, 0.29) is 41.9 Å². The lowest BCUT2D eigenvalue weighted by molar-refractivity contribution is -0.149. The second-order valence-corrected chi connectivity index (χ2v) is 13.4. The predicted molar refractivity (Wildman–Crippen MR) is 172 cm³/mol. The number of amides is 2. The maximum absolute atomic E-state index is 13.8. The number of hydrogen-bond donors (Lipinski definition) is 3. The Hall–Kier alpha value is -3.15. The van der Waals surface area contributed by atoms with Crippen LogP contribution in [0, 0.1) is 5.92 Å². The van der Waals surface area contributed by atoms with Gasteiger partial charge in [0, 0.05) is 18.2 Å². The van der Waals surface area contributed by atoms with Crippen LogP contribution in [-0.2, 0) is 16.0 Å². The van der Waals surface area contributed by atoms with Gasteiger partial charge in [-0.05, 0) is 63.1 Å². The van der Waals surface area contributed by atoms with E-state index >= 15 is 0 Å². The summed E-state index contributed by atoms with van der Waals surface area (Å²) in [6, 6.07) is 16.3. The zero-order valence-electron chi connectivity index (χ0n) is 23.5. The van der Waals surface area contributed by atoms with Crippen LogP contribution >= 0.6 is 35.5 Å². The van der Waals surface area contributed by atoms with Gasteiger partial charge in [0.1, 0.15) is 6.04 Å². The number of halogens is 1. The highest BCUT2D eigenvalue weighted by atomic mass is 35.5. The molecule has 0 aliphatic carbocycles. The van der Waals surface area contributed by atoms with Gasteiger partial charge in [-0.1, -0.05) is 42.5 Å². The molecule has 2 aliphatic heterocycles. The van der Waals surface area contributed by atoms with Gasteiger partial charge in [-0.25, -0.2) is 4.98 Å². The van der Waals surface area contributed by atoms with Gasteiger partial charge in [0.2, 0.25) is 17.6 Å². The molecule has 224 valence electrons. The van der Waals surface area contributed by atoms with Crippen molar-refractivity contribution in [3.05, 3.63) is 65.2 Å². The molecule has 42 heavy (non-hydrogen) atoms. The molecule has 2 aromatic carbocycles. The first-order chi connectivity index (χ1) is 19.7. The van der Waals surface area contributed by atoms with E-state index in [4.69, 9.17) is 11.5 Å². The van der Waals surface area contributed by atoms with Crippen LogP contribution in [0.4, 0.5) is 0 Å². The number of rotatable bonds is 11. The molecule has 2 fully saturated rings. The largest absolute Gasteiger partial charge is 0.370 e. The van der Waals surface area contributed by atoms with Crippen LogP contribution < -0.4 is 16.8 Å². The minimum Gasteiger partial charge on any atom is -0.370 e. The Kier molecular flexibility index (Phi) is 10.5. The minimum atomic E-state index is -0.803. The number of carbonyl (C=O) groups excluding carboxylic acids is 3. The van der Waals surface area contributed by atoms with Crippen molar-refractivity contribution in [2.24, 2.45) is 22.4 Å². The Morgan fingerprint density at radius 1 is 1.17 bits per heavy atom. The van der Waals surface area contributed by atoms with Crippen molar-refractivity contribution in [2.45, 2.75) is 62.4 Å². The number of nitrogens with zero attached hydrogens (tertiary/aromatic N) is 3. The van der Waals surface area contributed by atoms with Crippen LogP contribution in [0.5, 0.6) is 0 Å². The molecular formula is C30H37ClN6O3S2. The monoisotopic (exact) mass is 628 g/mol. The molecule has 2 aliphatic rings. The average Bonchev–Trinajstić information content (AvgIpc) is 3.56. The Balaban J connectivity index is 0.00000405. The lowest BCUT2D eigenvalue weighted by atomic mass is 9.86. The fraction of sp³-hybridized carbons (Fsp3) is 0.433. The number of fused-ring (bicyclic) bond motifs is 2. The van der Waals surface area contributed by atoms with Crippen LogP contribution in [0.15, 0.2) is 59.6 Å². The number of ketones is 1. The Labute approximate surface area is 260 Å². The number of Topliss-reactive ketones (excluding diaryl/α,β-unsaturated/α-hetero) is 1. The standard InChI is InChI=1S/C30H36N6O3S2.ClH/c1-30-16-15-20(14-13-19-8-3-2-4-9-19)28(39)36(30)23(18-40-30)26(38)34-22(11-7-17-33-29(31)32)25(37)27-35-21-10-5-6-12-24(21)41-27;/h2-6,8-10,12,20,22-23H,7,11,13-18H2,1H3,(H,34,38)(H4,31,32,33);1H/t20-,22?,23-,30-;/m0./s1. The molecule has 0 bridgehead atoms. The summed E-state index contributed by atoms with van der Waals surface area (Å²) in [5, 5.41) is 3.34. The fourth-order valence-corrected chi connectivity index (χ4v) is 8.08. The third-order valence-corrected chi connectivity index (χ3v) is 10.5. The van der Waals surface area contributed by atoms with Gasteiger partial charge >= 0.3 is 0 Å². The van der Waals surface area contributed by atoms with E-state index in [2.05, 4.69) is 34.3 Å². The predicted octanol–water partition coefficient (Wildman–Crippen LogP) is 4.14. The summed E-state index contributed by atoms with van der Waals surface area (Å²) < 4.78 is 0.907. The second-order valence-electron chi connectivity index (χ2n) is 10.8. The number of para-hydroxylation sites is 1. The third-order valence-electron chi connectivity index (χ3n) is 7.93. The van der Waals surface area contributed by atoms with E-state index in [0.717, 1.165) is 35.9 Å². The summed E-state index contributed by atoms with van der Waals surface area (Å²) in [5.74, 6) is -0.173. The summed E-state index contributed by atoms with van der Waals surface area (Å²) in [7, 11) is 0. The molecule has 2 amide bonds. The number of piperidine rings is 1. The van der Waals surface area contributed by atoms with Crippen LogP contribution in [-0.4, -0.2) is 62.7 Å². The molecular weight excluding hydrogens is 592 g/mol. The summed E-state index contributed by atoms with van der Waals surface area (Å²) in [4.78, 5) is 51.1. The second kappa shape index (κ2) is 13.9. The lowest BCUT2D eigenvalue weighted by Gasteiger charge is -2.44. The topological polar surface area (TPSA) is 144 Å². The molecule has 2 saturated heterocycles. The van der Waals surface area contributed by atoms with Crippen LogP contribution in [0.2, 0.25) is 0 Å². The van der Waals surface area contributed by atoms with Crippen LogP contribution in [0.3, 0.4) is 0 Å². The van der Waals surface area contributed by atoms with Gasteiger partial charge in [-0.15, -0.1) is 35.5 Å². The SMILES string of the molecule is C[C@]12CC[C@H](CCc3ccccc3)C(=O)N1[C@H](C(=O)NC(CCCN=C(N)N)C(=O)c1nc3ccccc3s1)CS2.Cl. The smallest absolute Gasteiger partial charge is 0.244 e. The van der Waals surface area contributed by atoms with Gasteiger partial charge in [0.15, 0.2) is 11.0 Å². The third kappa shape index (κ3) is 7.07. The first-order valence-corrected chi connectivity index (χ1v) is 15.8. The minimum absolute atomic E-state index is 0. The highest BCUT2D eigenvalue weighted by Crippen LogP contribution is 2.48. The van der Waals surface area contributed by atoms with Crippen molar-refractivity contribution in [2.75, 3.05) is 12.3 Å². The quantitative estimate of drug-likeness (QED) is 0.125. The van der Waals surface area contributed by atoms with Crippen molar-refractivity contribution in [3.8, 4) is 0 Å². The number of hydrogen-bond acceptors (Lipinski definition) is 7. The fourth-order valence-electron chi connectivity index (χ4n) is 5.69. The van der Waals surface area contributed by atoms with E-state index in [9.17, 15) is 14.4 Å². The van der Waals surface area contributed by atoms with Crippen molar-refractivity contribution in [3.63, 3.8) is 0 Å². The highest BCUT2D eigenvalue weighted by Gasteiger charge is 2.53. The number of aryl methyl sites for hydroxylation is 1. The van der Waals surface area contributed by atoms with E-state index in [1.165, 1.54) is 16.9 Å². The van der Waals surface area contributed by atoms with Crippen molar-refractivity contribution < 1.29 is 14.4 Å². The molecule has 5 rings (SSSR count). The van der Waals surface area contributed by atoms with E-state index in [1.54, 1.807) is 16.7 Å². The average molecular weight is 629 g/mol. The number of guanidine groups is 1. The number of benzene rings is 2. The maximum Gasteiger partial charge on any atom is 0.244 e. The molecule has 12 heteroatoms. The first kappa shape index (κ1) is 31.8. The lowest BCUT2D eigenvalue weighted by Crippen LogP contribution is -2.59. The Morgan fingerprint density at radius 2 is 1.90 bits per heavy atom. The summed E-state index contributed by atoms with van der Waals surface area (Å²) in [6.45, 7) is 2.39. The zero-order chi connectivity index (χ0) is 29.0. The normalized spacial score (nSPS) is 22.2. The number of aromatic nitrogens is 1. The van der Waals surface area contributed by atoms with Gasteiger partial charge in [-0.3, -0.25) is 19.4 Å². The van der Waals surface area contributed by atoms with E-state index in [0.29, 0.717) is 30.1 Å². The molecule has 3 aromatic rings. The van der Waals surface area contributed by atoms with Gasteiger partial charge in [-0.2, -0.15) is 0 Å². The van der Waals surface area contributed by atoms with Crippen LogP contribution in [0.25, 0.3) is 10.2 Å². The molecule has 4 atom stereocenters.